The first-order valence-electron chi connectivity index (χ1n) is 6.14. The van der Waals surface area contributed by atoms with Gasteiger partial charge in [-0.25, -0.2) is 9.18 Å². The fraction of sp³-hybridized carbons (Fsp3) is 0.818. The second-order valence-electron chi connectivity index (χ2n) is 3.66. The van der Waals surface area contributed by atoms with Crippen molar-refractivity contribution in [3.8, 4) is 0 Å². The number of carbonyl (C=O) groups is 2. The first-order chi connectivity index (χ1) is 9.21. The van der Waals surface area contributed by atoms with Crippen LogP contribution in [0.1, 0.15) is 27.7 Å². The van der Waals surface area contributed by atoms with Crippen molar-refractivity contribution in [1.82, 2.24) is 0 Å². The molecule has 0 aliphatic carbocycles. The zero-order chi connectivity index (χ0) is 16.0. The van der Waals surface area contributed by atoms with Crippen LogP contribution in [0.15, 0.2) is 0 Å². The SMILES string of the molecule is CCOC(=O)C(F)(C(=O)C(C)Cl)P(=O)(OCC)OCC. The van der Waals surface area contributed by atoms with Crippen LogP contribution in [0, 0.1) is 0 Å². The quantitative estimate of drug-likeness (QED) is 0.279. The molecule has 0 aliphatic rings. The van der Waals surface area contributed by atoms with Crippen molar-refractivity contribution in [2.24, 2.45) is 0 Å². The van der Waals surface area contributed by atoms with Gasteiger partial charge in [0.2, 0.25) is 5.78 Å². The summed E-state index contributed by atoms with van der Waals surface area (Å²) in [6.45, 7) is 4.78. The highest BCUT2D eigenvalue weighted by Crippen LogP contribution is 2.62. The van der Waals surface area contributed by atoms with Gasteiger partial charge in [0.25, 0.3) is 0 Å². The van der Waals surface area contributed by atoms with Crippen LogP contribution in [0.2, 0.25) is 0 Å². The highest BCUT2D eigenvalue weighted by Gasteiger charge is 2.66. The monoisotopic (exact) mass is 332 g/mol. The molecule has 0 spiro atoms. The Morgan fingerprint density at radius 1 is 1.20 bits per heavy atom. The molecule has 0 saturated heterocycles. The maximum atomic E-state index is 15.0. The van der Waals surface area contributed by atoms with Gasteiger partial charge in [0.05, 0.1) is 25.2 Å². The fourth-order valence-corrected chi connectivity index (χ4v) is 3.48. The third kappa shape index (κ3) is 3.79. The minimum absolute atomic E-state index is 0.202. The maximum absolute atomic E-state index is 15.0. The normalized spacial score (nSPS) is 16.3. The van der Waals surface area contributed by atoms with E-state index < -0.39 is 30.1 Å². The third-order valence-corrected chi connectivity index (χ3v) is 4.76. The standard InChI is InChI=1S/C11H19ClFO6P/c1-5-17-10(15)11(13,9(14)8(4)12)20(16,18-6-2)19-7-3/h8H,5-7H2,1-4H3. The van der Waals surface area contributed by atoms with Crippen molar-refractivity contribution in [2.45, 2.75) is 38.5 Å². The molecule has 2 atom stereocenters. The van der Waals surface area contributed by atoms with E-state index in [1.165, 1.54) is 20.8 Å². The van der Waals surface area contributed by atoms with Gasteiger partial charge in [0, 0.05) is 0 Å². The Morgan fingerprint density at radius 3 is 1.95 bits per heavy atom. The molecule has 0 bridgehead atoms. The summed E-state index contributed by atoms with van der Waals surface area (Å²) in [6.07, 6.45) is 0. The van der Waals surface area contributed by atoms with E-state index in [2.05, 4.69) is 4.74 Å². The Morgan fingerprint density at radius 2 is 1.65 bits per heavy atom. The van der Waals surface area contributed by atoms with Gasteiger partial charge in [-0.15, -0.1) is 11.6 Å². The summed E-state index contributed by atoms with van der Waals surface area (Å²) < 4.78 is 41.5. The number of halogens is 2. The third-order valence-electron chi connectivity index (χ3n) is 2.21. The average Bonchev–Trinajstić information content (AvgIpc) is 2.37. The van der Waals surface area contributed by atoms with Crippen molar-refractivity contribution in [3.63, 3.8) is 0 Å². The van der Waals surface area contributed by atoms with Crippen LogP contribution in [0.4, 0.5) is 4.39 Å². The second kappa shape index (κ2) is 8.08. The van der Waals surface area contributed by atoms with Crippen LogP contribution in [0.3, 0.4) is 0 Å². The highest BCUT2D eigenvalue weighted by atomic mass is 35.5. The first kappa shape index (κ1) is 19.5. The summed E-state index contributed by atoms with van der Waals surface area (Å²) in [5.74, 6) is -3.04. The Hall–Kier alpha value is -0.490. The molecule has 0 saturated carbocycles. The summed E-state index contributed by atoms with van der Waals surface area (Å²) in [7, 11) is -4.71. The van der Waals surface area contributed by atoms with Crippen LogP contribution < -0.4 is 0 Å². The predicted octanol–water partition coefficient (Wildman–Crippen LogP) is 2.68. The summed E-state index contributed by atoms with van der Waals surface area (Å²) in [5.41, 5.74) is 0. The lowest BCUT2D eigenvalue weighted by Crippen LogP contribution is -2.47. The summed E-state index contributed by atoms with van der Waals surface area (Å²) in [5, 5.41) is -4.98. The summed E-state index contributed by atoms with van der Waals surface area (Å²) >= 11 is 5.53. The van der Waals surface area contributed by atoms with Gasteiger partial charge in [-0.05, 0) is 27.7 Å². The molecule has 0 aliphatic heterocycles. The second-order valence-corrected chi connectivity index (χ2v) is 6.44. The molecule has 9 heteroatoms. The van der Waals surface area contributed by atoms with Gasteiger partial charge < -0.3 is 13.8 Å². The highest BCUT2D eigenvalue weighted by molar-refractivity contribution is 7.58. The van der Waals surface area contributed by atoms with Gasteiger partial charge in [-0.3, -0.25) is 9.36 Å². The topological polar surface area (TPSA) is 78.9 Å². The van der Waals surface area contributed by atoms with E-state index in [0.717, 1.165) is 6.92 Å². The minimum atomic E-state index is -4.71. The van der Waals surface area contributed by atoms with E-state index in [0.29, 0.717) is 0 Å². The van der Waals surface area contributed by atoms with E-state index >= 15 is 4.39 Å². The van der Waals surface area contributed by atoms with E-state index in [9.17, 15) is 14.2 Å². The van der Waals surface area contributed by atoms with Gasteiger partial charge in [0.15, 0.2) is 0 Å². The van der Waals surface area contributed by atoms with Gasteiger partial charge >= 0.3 is 19.0 Å². The van der Waals surface area contributed by atoms with E-state index in [1.807, 2.05) is 0 Å². The summed E-state index contributed by atoms with van der Waals surface area (Å²) in [4.78, 5) is 23.7. The van der Waals surface area contributed by atoms with Crippen LogP contribution in [0.5, 0.6) is 0 Å². The molecule has 6 nitrogen and oxygen atoms in total. The molecule has 0 rings (SSSR count). The van der Waals surface area contributed by atoms with Crippen LogP contribution in [-0.2, 0) is 27.9 Å². The summed E-state index contributed by atoms with van der Waals surface area (Å²) in [6, 6.07) is 0. The number of Topliss-reactive ketones (excluding diaryl/α,β-unsaturated/α-hetero) is 1. The molecule has 2 unspecified atom stereocenters. The lowest BCUT2D eigenvalue weighted by Gasteiger charge is -2.29. The number of ether oxygens (including phenoxy) is 1. The van der Waals surface area contributed by atoms with Crippen molar-refractivity contribution in [2.75, 3.05) is 19.8 Å². The average molecular weight is 333 g/mol. The van der Waals surface area contributed by atoms with Crippen LogP contribution in [-0.4, -0.2) is 42.4 Å². The van der Waals surface area contributed by atoms with Crippen LogP contribution >= 0.6 is 19.2 Å². The van der Waals surface area contributed by atoms with Crippen molar-refractivity contribution in [1.29, 1.82) is 0 Å². The number of carbonyl (C=O) groups excluding carboxylic acids is 2. The van der Waals surface area contributed by atoms with Crippen molar-refractivity contribution < 1.29 is 32.3 Å². The number of ketones is 1. The zero-order valence-electron chi connectivity index (χ0n) is 11.9. The Bertz CT molecular complexity index is 392. The number of alkyl halides is 2. The largest absolute Gasteiger partial charge is 0.463 e. The number of hydrogen-bond acceptors (Lipinski definition) is 6. The number of hydrogen-bond donors (Lipinski definition) is 0. The van der Waals surface area contributed by atoms with E-state index in [1.54, 1.807) is 0 Å². The van der Waals surface area contributed by atoms with Crippen LogP contribution in [0.25, 0.3) is 0 Å². The van der Waals surface area contributed by atoms with Gasteiger partial charge in [-0.1, -0.05) is 0 Å². The van der Waals surface area contributed by atoms with E-state index in [-0.39, 0.29) is 19.8 Å². The molecule has 0 N–H and O–H groups in total. The molecule has 0 aromatic heterocycles. The smallest absolute Gasteiger partial charge is 0.387 e. The zero-order valence-corrected chi connectivity index (χ0v) is 13.5. The molecular formula is C11H19ClFO6P. The Balaban J connectivity index is 5.88. The van der Waals surface area contributed by atoms with Crippen molar-refractivity contribution in [3.05, 3.63) is 0 Å². The maximum Gasteiger partial charge on any atom is 0.387 e. The Labute approximate surface area is 122 Å². The number of rotatable bonds is 9. The molecule has 0 amide bonds. The lowest BCUT2D eigenvalue weighted by atomic mass is 10.2. The number of esters is 1. The molecule has 0 heterocycles. The van der Waals surface area contributed by atoms with Gasteiger partial charge in [-0.2, -0.15) is 0 Å². The fourth-order valence-electron chi connectivity index (χ4n) is 1.39. The molecule has 0 radical (unpaired) electrons. The molecule has 0 aromatic carbocycles. The van der Waals surface area contributed by atoms with Crippen molar-refractivity contribution >= 4 is 30.9 Å². The molecule has 0 fully saturated rings. The molecular weight excluding hydrogens is 314 g/mol. The molecule has 20 heavy (non-hydrogen) atoms. The lowest BCUT2D eigenvalue weighted by molar-refractivity contribution is -0.157. The first-order valence-corrected chi connectivity index (χ1v) is 8.12. The molecule has 0 aromatic rings. The van der Waals surface area contributed by atoms with Gasteiger partial charge in [0.1, 0.15) is 0 Å². The minimum Gasteiger partial charge on any atom is -0.463 e. The van der Waals surface area contributed by atoms with E-state index in [4.69, 9.17) is 20.6 Å². The molecule has 118 valence electrons. The Kier molecular flexibility index (Phi) is 7.88. The predicted molar refractivity (Wildman–Crippen MR) is 71.7 cm³/mol.